The van der Waals surface area contributed by atoms with Crippen LogP contribution in [-0.4, -0.2) is 72.8 Å². The van der Waals surface area contributed by atoms with Gasteiger partial charge in [-0.25, -0.2) is 9.29 Å². The van der Waals surface area contributed by atoms with E-state index in [1.807, 2.05) is 0 Å². The summed E-state index contributed by atoms with van der Waals surface area (Å²) in [6.45, 7) is 4.42. The van der Waals surface area contributed by atoms with Gasteiger partial charge in [0, 0.05) is 21.4 Å². The van der Waals surface area contributed by atoms with Crippen LogP contribution in [0.1, 0.15) is 47.2 Å². The van der Waals surface area contributed by atoms with Gasteiger partial charge in [0.1, 0.15) is 11.8 Å². The smallest absolute Gasteiger partial charge is 0.489 e. The van der Waals surface area contributed by atoms with E-state index in [9.17, 15) is 37.8 Å². The zero-order valence-electron chi connectivity index (χ0n) is 24.7. The molecule has 1 aliphatic rings. The second-order valence-electron chi connectivity index (χ2n) is 11.2. The average Bonchev–Trinajstić information content (AvgIpc) is 3.32. The molecule has 1 fully saturated rings. The van der Waals surface area contributed by atoms with Gasteiger partial charge in [0.25, 0.3) is 17.7 Å². The molecular formula is C32H33F4N3O5S. The van der Waals surface area contributed by atoms with Crippen LogP contribution in [0.15, 0.2) is 78.9 Å². The van der Waals surface area contributed by atoms with Crippen LogP contribution in [0.25, 0.3) is 0 Å². The van der Waals surface area contributed by atoms with E-state index in [1.165, 1.54) is 57.2 Å². The Morgan fingerprint density at radius 1 is 1.02 bits per heavy atom. The monoisotopic (exact) mass is 647 g/mol. The van der Waals surface area contributed by atoms with Crippen LogP contribution in [0.3, 0.4) is 0 Å². The first-order valence-electron chi connectivity index (χ1n) is 14.0. The van der Waals surface area contributed by atoms with Crippen LogP contribution >= 0.6 is 11.8 Å². The molecule has 1 heterocycles. The third-order valence-corrected chi connectivity index (χ3v) is 9.05. The number of benzene rings is 3. The number of phenols is 1. The molecule has 4 unspecified atom stereocenters. The molecule has 4 atom stereocenters. The van der Waals surface area contributed by atoms with Gasteiger partial charge in [-0.15, -0.1) is 24.9 Å². The fourth-order valence-corrected chi connectivity index (χ4v) is 6.35. The molecular weight excluding hydrogens is 614 g/mol. The lowest BCUT2D eigenvalue weighted by molar-refractivity contribution is -0.267. The number of carbonyl (C=O) groups excluding carboxylic acids is 3. The number of thioether (sulfide) groups is 1. The highest BCUT2D eigenvalue weighted by Crippen LogP contribution is 2.44. The Hall–Kier alpha value is -4.10. The molecule has 0 bridgehead atoms. The molecule has 3 aromatic rings. The topological polar surface area (TPSA) is 110 Å². The lowest BCUT2D eigenvalue weighted by Crippen LogP contribution is -2.61. The number of alkyl halides is 4. The van der Waals surface area contributed by atoms with Gasteiger partial charge < -0.3 is 20.4 Å². The molecule has 8 nitrogen and oxygen atoms in total. The summed E-state index contributed by atoms with van der Waals surface area (Å²) in [5.41, 5.74) is 0.549. The van der Waals surface area contributed by atoms with Crippen LogP contribution in [0.2, 0.25) is 0 Å². The van der Waals surface area contributed by atoms with E-state index in [1.54, 1.807) is 30.3 Å². The van der Waals surface area contributed by atoms with E-state index in [-0.39, 0.29) is 29.2 Å². The van der Waals surface area contributed by atoms with Crippen molar-refractivity contribution in [1.82, 2.24) is 15.1 Å². The maximum Gasteiger partial charge on any atom is 0.489 e. The van der Waals surface area contributed by atoms with Crippen LogP contribution in [0, 0.1) is 6.92 Å². The number of amides is 3. The molecule has 45 heavy (non-hydrogen) atoms. The zero-order valence-corrected chi connectivity index (χ0v) is 25.5. The highest BCUT2D eigenvalue weighted by molar-refractivity contribution is 8.00. The average molecular weight is 648 g/mol. The minimum Gasteiger partial charge on any atom is -0.508 e. The van der Waals surface area contributed by atoms with Crippen molar-refractivity contribution in [3.05, 3.63) is 101 Å². The Kier molecular flexibility index (Phi) is 10.1. The molecule has 3 aromatic carbocycles. The number of aromatic hydroxyl groups is 1. The molecule has 3 N–H and O–H groups in total. The van der Waals surface area contributed by atoms with E-state index in [0.29, 0.717) is 5.56 Å². The maximum absolute atomic E-state index is 15.4. The van der Waals surface area contributed by atoms with E-state index < -0.39 is 63.7 Å². The lowest BCUT2D eigenvalue weighted by Gasteiger charge is -2.38. The van der Waals surface area contributed by atoms with Gasteiger partial charge in [-0.2, -0.15) is 0 Å². The van der Waals surface area contributed by atoms with Crippen molar-refractivity contribution in [1.29, 1.82) is 0 Å². The normalized spacial score (nSPS) is 18.1. The third-order valence-electron chi connectivity index (χ3n) is 7.67. The van der Waals surface area contributed by atoms with Crippen LogP contribution < -0.4 is 5.32 Å². The van der Waals surface area contributed by atoms with E-state index in [2.05, 4.69) is 5.32 Å². The molecule has 3 amide bonds. The van der Waals surface area contributed by atoms with Crippen molar-refractivity contribution in [2.45, 2.75) is 62.7 Å². The number of nitrogens with zero attached hydrogens (tertiary/aromatic N) is 2. The summed E-state index contributed by atoms with van der Waals surface area (Å²) in [6, 6.07) is 16.1. The summed E-state index contributed by atoms with van der Waals surface area (Å²) in [6.07, 6.45) is -10.4. The van der Waals surface area contributed by atoms with Crippen LogP contribution in [0.4, 0.5) is 17.6 Å². The number of carbonyl (C=O) groups is 3. The summed E-state index contributed by atoms with van der Waals surface area (Å²) in [5, 5.41) is 24.1. The summed E-state index contributed by atoms with van der Waals surface area (Å²) in [4.78, 5) is 40.7. The predicted octanol–water partition coefficient (Wildman–Crippen LogP) is 5.10. The molecule has 0 radical (unpaired) electrons. The van der Waals surface area contributed by atoms with Gasteiger partial charge in [0.2, 0.25) is 6.30 Å². The Morgan fingerprint density at radius 2 is 1.62 bits per heavy atom. The number of hydrogen-bond donors (Lipinski definition) is 3. The minimum atomic E-state index is -5.44. The minimum absolute atomic E-state index is 0.0599. The van der Waals surface area contributed by atoms with Crippen molar-refractivity contribution in [2.75, 3.05) is 5.88 Å². The SMILES string of the molecule is Cc1c(O)cccc1C(=O)NC(Cc1ccccc1)C(O)C(=O)N1CSC(C)(C)C1C(=O)N(C(F)c1ccccc1)C(F)(F)F. The standard InChI is InChI=1S/C32H33F4N3O5S/c1-19-22(15-10-16-24(19)40)28(42)37-23(17-20-11-6-4-7-12-20)25(41)29(43)38-18-45-31(2,3)26(38)30(44)39(32(34,35)36)27(33)21-13-8-5-9-14-21/h4-16,23,25-27,40-41H,17-18H2,1-3H3,(H,37,42). The first-order valence-corrected chi connectivity index (χ1v) is 15.0. The van der Waals surface area contributed by atoms with Crippen LogP contribution in [0.5, 0.6) is 5.75 Å². The number of aliphatic hydroxyl groups is 1. The van der Waals surface area contributed by atoms with Gasteiger partial charge >= 0.3 is 6.30 Å². The molecule has 0 saturated carbocycles. The van der Waals surface area contributed by atoms with Crippen LogP contribution in [-0.2, 0) is 16.0 Å². The van der Waals surface area contributed by atoms with Crippen molar-refractivity contribution in [3.8, 4) is 5.75 Å². The molecule has 1 saturated heterocycles. The van der Waals surface area contributed by atoms with Gasteiger partial charge in [0.05, 0.1) is 11.9 Å². The quantitative estimate of drug-likeness (QED) is 0.220. The van der Waals surface area contributed by atoms with Crippen molar-refractivity contribution >= 4 is 29.5 Å². The number of aliphatic hydroxyl groups excluding tert-OH is 1. The van der Waals surface area contributed by atoms with Crippen molar-refractivity contribution in [2.24, 2.45) is 0 Å². The Labute approximate surface area is 262 Å². The van der Waals surface area contributed by atoms with Crippen molar-refractivity contribution in [3.63, 3.8) is 0 Å². The number of halogens is 4. The number of hydrogen-bond acceptors (Lipinski definition) is 6. The van der Waals surface area contributed by atoms with Gasteiger partial charge in [0.15, 0.2) is 6.10 Å². The summed E-state index contributed by atoms with van der Waals surface area (Å²) in [5.74, 6) is -3.95. The predicted molar refractivity (Wildman–Crippen MR) is 161 cm³/mol. The fourth-order valence-electron chi connectivity index (χ4n) is 5.21. The first kappa shape index (κ1) is 33.8. The Balaban J connectivity index is 1.67. The second-order valence-corrected chi connectivity index (χ2v) is 12.8. The van der Waals surface area contributed by atoms with Crippen molar-refractivity contribution < 1.29 is 42.2 Å². The highest BCUT2D eigenvalue weighted by Gasteiger charge is 2.57. The Morgan fingerprint density at radius 3 is 2.22 bits per heavy atom. The maximum atomic E-state index is 15.4. The summed E-state index contributed by atoms with van der Waals surface area (Å²) >= 11 is 0.997. The molecule has 0 spiro atoms. The fraction of sp³-hybridized carbons (Fsp3) is 0.344. The number of rotatable bonds is 9. The number of phenolic OH excluding ortho intramolecular Hbond substituents is 1. The zero-order chi connectivity index (χ0) is 33.1. The first-order chi connectivity index (χ1) is 21.1. The van der Waals surface area contributed by atoms with E-state index in [0.717, 1.165) is 28.8 Å². The third kappa shape index (κ3) is 7.42. The van der Waals surface area contributed by atoms with Gasteiger partial charge in [-0.3, -0.25) is 14.4 Å². The van der Waals surface area contributed by atoms with Gasteiger partial charge in [-0.05, 0) is 44.9 Å². The Bertz CT molecular complexity index is 1520. The molecule has 240 valence electrons. The molecule has 13 heteroatoms. The summed E-state index contributed by atoms with van der Waals surface area (Å²) in [7, 11) is 0. The largest absolute Gasteiger partial charge is 0.508 e. The molecule has 4 rings (SSSR count). The van der Waals surface area contributed by atoms with E-state index in [4.69, 9.17) is 0 Å². The number of nitrogens with one attached hydrogen (secondary N) is 1. The summed E-state index contributed by atoms with van der Waals surface area (Å²) < 4.78 is 57.0. The second kappa shape index (κ2) is 13.5. The molecule has 0 aromatic heterocycles. The molecule has 0 aliphatic carbocycles. The van der Waals surface area contributed by atoms with Gasteiger partial charge in [-0.1, -0.05) is 66.7 Å². The van der Waals surface area contributed by atoms with E-state index >= 15 is 4.39 Å². The lowest BCUT2D eigenvalue weighted by atomic mass is 9.96. The highest BCUT2D eigenvalue weighted by atomic mass is 32.2. The molecule has 1 aliphatic heterocycles.